The molecule has 138 valence electrons. The van der Waals surface area contributed by atoms with Gasteiger partial charge in [0.15, 0.2) is 0 Å². The van der Waals surface area contributed by atoms with Gasteiger partial charge >= 0.3 is 0 Å². The second kappa shape index (κ2) is 8.17. The molecule has 1 heterocycles. The molecule has 3 rings (SSSR count). The molecule has 8 nitrogen and oxygen atoms in total. The number of nitrogens with zero attached hydrogens (tertiary/aromatic N) is 4. The van der Waals surface area contributed by atoms with Gasteiger partial charge in [-0.05, 0) is 41.5 Å². The quantitative estimate of drug-likeness (QED) is 0.644. The fourth-order valence-electron chi connectivity index (χ4n) is 2.39. The Bertz CT molecular complexity index is 937. The molecule has 0 aliphatic heterocycles. The minimum absolute atomic E-state index is 0.0736. The van der Waals surface area contributed by atoms with Crippen LogP contribution in [0.5, 0.6) is 0 Å². The van der Waals surface area contributed by atoms with Crippen LogP contribution in [-0.2, 0) is 17.8 Å². The van der Waals surface area contributed by atoms with Crippen LogP contribution in [0.25, 0.3) is 11.4 Å². The van der Waals surface area contributed by atoms with Crippen LogP contribution in [0.3, 0.4) is 0 Å². The Hall–Kier alpha value is -3.62. The monoisotopic (exact) mass is 368 g/mol. The van der Waals surface area contributed by atoms with Crippen molar-refractivity contribution >= 4 is 11.8 Å². The average Bonchev–Trinajstić information content (AvgIpc) is 3.12. The number of hydrogen-bond acceptors (Lipinski definition) is 5. The average molecular weight is 368 g/mol. The van der Waals surface area contributed by atoms with Gasteiger partial charge in [-0.2, -0.15) is 4.80 Å². The molecule has 0 fully saturated rings. The van der Waals surface area contributed by atoms with Crippen LogP contribution in [0.4, 0.5) is 4.39 Å². The SMILES string of the molecule is NC(=O)c1ccc(-c2nnn(CC(=O)NCCc3ccc(F)cc3)n2)cc1. The molecule has 1 aromatic heterocycles. The molecule has 0 aliphatic rings. The number of tetrazole rings is 1. The Morgan fingerprint density at radius 1 is 1.07 bits per heavy atom. The molecule has 2 aromatic carbocycles. The maximum absolute atomic E-state index is 12.8. The van der Waals surface area contributed by atoms with Crippen molar-refractivity contribution in [2.24, 2.45) is 5.73 Å². The van der Waals surface area contributed by atoms with E-state index in [1.807, 2.05) is 0 Å². The lowest BCUT2D eigenvalue weighted by Crippen LogP contribution is -2.30. The largest absolute Gasteiger partial charge is 0.366 e. The number of nitrogens with two attached hydrogens (primary N) is 1. The fraction of sp³-hybridized carbons (Fsp3) is 0.167. The lowest BCUT2D eigenvalue weighted by Gasteiger charge is -2.04. The first-order valence-electron chi connectivity index (χ1n) is 8.20. The molecular formula is C18H17FN6O2. The highest BCUT2D eigenvalue weighted by atomic mass is 19.1. The van der Waals surface area contributed by atoms with Crippen LogP contribution in [-0.4, -0.2) is 38.6 Å². The van der Waals surface area contributed by atoms with E-state index in [0.29, 0.717) is 29.9 Å². The number of hydrogen-bond donors (Lipinski definition) is 2. The van der Waals surface area contributed by atoms with Gasteiger partial charge in [0, 0.05) is 17.7 Å². The maximum atomic E-state index is 12.8. The number of carbonyl (C=O) groups is 2. The minimum atomic E-state index is -0.518. The molecule has 0 saturated carbocycles. The third-order valence-electron chi connectivity index (χ3n) is 3.81. The Labute approximate surface area is 154 Å². The van der Waals surface area contributed by atoms with Gasteiger partial charge in [-0.1, -0.05) is 24.3 Å². The predicted molar refractivity (Wildman–Crippen MR) is 94.9 cm³/mol. The maximum Gasteiger partial charge on any atom is 0.248 e. The van der Waals surface area contributed by atoms with Crippen molar-refractivity contribution in [3.8, 4) is 11.4 Å². The second-order valence-corrected chi connectivity index (χ2v) is 5.81. The van der Waals surface area contributed by atoms with E-state index < -0.39 is 5.91 Å². The van der Waals surface area contributed by atoms with Gasteiger partial charge < -0.3 is 11.1 Å². The molecule has 3 aromatic rings. The van der Waals surface area contributed by atoms with Crippen molar-refractivity contribution in [1.82, 2.24) is 25.5 Å². The summed E-state index contributed by atoms with van der Waals surface area (Å²) >= 11 is 0. The number of aromatic nitrogens is 4. The Morgan fingerprint density at radius 3 is 2.44 bits per heavy atom. The molecule has 0 radical (unpaired) electrons. The number of carbonyl (C=O) groups excluding carboxylic acids is 2. The minimum Gasteiger partial charge on any atom is -0.366 e. The Balaban J connectivity index is 1.51. The summed E-state index contributed by atoms with van der Waals surface area (Å²) in [6, 6.07) is 12.6. The second-order valence-electron chi connectivity index (χ2n) is 5.81. The number of primary amides is 1. The number of halogens is 1. The highest BCUT2D eigenvalue weighted by Gasteiger charge is 2.10. The number of amides is 2. The van der Waals surface area contributed by atoms with E-state index in [1.54, 1.807) is 36.4 Å². The van der Waals surface area contributed by atoms with Gasteiger partial charge in [0.2, 0.25) is 17.6 Å². The van der Waals surface area contributed by atoms with Crippen LogP contribution >= 0.6 is 0 Å². The van der Waals surface area contributed by atoms with Crippen LogP contribution in [0.15, 0.2) is 48.5 Å². The molecule has 0 bridgehead atoms. The van der Waals surface area contributed by atoms with E-state index in [9.17, 15) is 14.0 Å². The van der Waals surface area contributed by atoms with Crippen molar-refractivity contribution < 1.29 is 14.0 Å². The molecule has 0 atom stereocenters. The third kappa shape index (κ3) is 4.94. The molecule has 3 N–H and O–H groups in total. The first-order valence-corrected chi connectivity index (χ1v) is 8.20. The van der Waals surface area contributed by atoms with Gasteiger partial charge in [-0.15, -0.1) is 10.2 Å². The van der Waals surface area contributed by atoms with Gasteiger partial charge in [-0.3, -0.25) is 9.59 Å². The first-order chi connectivity index (χ1) is 13.0. The highest BCUT2D eigenvalue weighted by molar-refractivity contribution is 5.93. The topological polar surface area (TPSA) is 116 Å². The number of benzene rings is 2. The summed E-state index contributed by atoms with van der Waals surface area (Å²) in [5.74, 6) is -0.731. The summed E-state index contributed by atoms with van der Waals surface area (Å²) in [4.78, 5) is 24.2. The zero-order valence-corrected chi connectivity index (χ0v) is 14.3. The fourth-order valence-corrected chi connectivity index (χ4v) is 2.39. The van der Waals surface area contributed by atoms with Gasteiger partial charge in [0.1, 0.15) is 12.4 Å². The summed E-state index contributed by atoms with van der Waals surface area (Å²) in [6.45, 7) is 0.344. The van der Waals surface area contributed by atoms with Crippen molar-refractivity contribution in [1.29, 1.82) is 0 Å². The predicted octanol–water partition coefficient (Wildman–Crippen LogP) is 0.937. The lowest BCUT2D eigenvalue weighted by molar-refractivity contribution is -0.122. The van der Waals surface area contributed by atoms with Crippen LogP contribution < -0.4 is 11.1 Å². The summed E-state index contributed by atoms with van der Waals surface area (Å²) in [5.41, 5.74) is 7.16. The molecule has 0 saturated heterocycles. The molecule has 0 unspecified atom stereocenters. The van der Waals surface area contributed by atoms with Crippen LogP contribution in [0.2, 0.25) is 0 Å². The van der Waals surface area contributed by atoms with Crippen LogP contribution in [0, 0.1) is 5.82 Å². The lowest BCUT2D eigenvalue weighted by atomic mass is 10.1. The van der Waals surface area contributed by atoms with E-state index in [0.717, 1.165) is 5.56 Å². The van der Waals surface area contributed by atoms with Gasteiger partial charge in [0.25, 0.3) is 0 Å². The smallest absolute Gasteiger partial charge is 0.248 e. The third-order valence-corrected chi connectivity index (χ3v) is 3.81. The number of nitrogens with one attached hydrogen (secondary N) is 1. The highest BCUT2D eigenvalue weighted by Crippen LogP contribution is 2.14. The van der Waals surface area contributed by atoms with E-state index in [2.05, 4.69) is 20.7 Å². The van der Waals surface area contributed by atoms with Crippen LogP contribution in [0.1, 0.15) is 15.9 Å². The Kier molecular flexibility index (Phi) is 5.50. The van der Waals surface area contributed by atoms with E-state index in [-0.39, 0.29) is 18.3 Å². The van der Waals surface area contributed by atoms with E-state index >= 15 is 0 Å². The number of rotatable bonds is 7. The van der Waals surface area contributed by atoms with Crippen molar-refractivity contribution in [3.63, 3.8) is 0 Å². The summed E-state index contributed by atoms with van der Waals surface area (Å²) in [5, 5.41) is 14.6. The van der Waals surface area contributed by atoms with E-state index in [1.165, 1.54) is 16.9 Å². The standard InChI is InChI=1S/C18H17FN6O2/c19-15-7-1-12(2-8-15)9-10-21-16(26)11-25-23-18(22-24-25)14-5-3-13(4-6-14)17(20)27/h1-8H,9-11H2,(H2,20,27)(H,21,26). The molecule has 27 heavy (non-hydrogen) atoms. The van der Waals surface area contributed by atoms with Crippen molar-refractivity contribution in [2.45, 2.75) is 13.0 Å². The van der Waals surface area contributed by atoms with Crippen molar-refractivity contribution in [2.75, 3.05) is 6.54 Å². The summed E-state index contributed by atoms with van der Waals surface area (Å²) in [6.07, 6.45) is 0.592. The van der Waals surface area contributed by atoms with Gasteiger partial charge in [0.05, 0.1) is 0 Å². The summed E-state index contributed by atoms with van der Waals surface area (Å²) < 4.78 is 12.8. The zero-order valence-electron chi connectivity index (χ0n) is 14.3. The summed E-state index contributed by atoms with van der Waals surface area (Å²) in [7, 11) is 0. The Morgan fingerprint density at radius 2 is 1.78 bits per heavy atom. The van der Waals surface area contributed by atoms with Gasteiger partial charge in [-0.25, -0.2) is 4.39 Å². The molecule has 9 heteroatoms. The molecule has 2 amide bonds. The zero-order chi connectivity index (χ0) is 19.2. The molecule has 0 spiro atoms. The normalized spacial score (nSPS) is 10.6. The molecule has 0 aliphatic carbocycles. The van der Waals surface area contributed by atoms with E-state index in [4.69, 9.17) is 5.73 Å². The molecular weight excluding hydrogens is 351 g/mol. The van der Waals surface area contributed by atoms with Crippen molar-refractivity contribution in [3.05, 3.63) is 65.5 Å². The first kappa shape index (κ1) is 18.2.